The van der Waals surface area contributed by atoms with Gasteiger partial charge in [0.25, 0.3) is 0 Å². The molecule has 0 radical (unpaired) electrons. The van der Waals surface area contributed by atoms with Gasteiger partial charge < -0.3 is 19.3 Å². The number of ether oxygens (including phenoxy) is 1. The summed E-state index contributed by atoms with van der Waals surface area (Å²) in [6, 6.07) is 5.17. The lowest BCUT2D eigenvalue weighted by Crippen LogP contribution is -2.46. The average Bonchev–Trinajstić information content (AvgIpc) is 3.20. The Bertz CT molecular complexity index is 985. The molecule has 9 heteroatoms. The van der Waals surface area contributed by atoms with Crippen LogP contribution in [0, 0.1) is 5.82 Å². The number of nitrogens with zero attached hydrogens (tertiary/aromatic N) is 6. The van der Waals surface area contributed by atoms with Gasteiger partial charge in [0.1, 0.15) is 17.7 Å². The summed E-state index contributed by atoms with van der Waals surface area (Å²) in [5, 5.41) is 10.9. The molecule has 1 N–H and O–H groups in total. The Morgan fingerprint density at radius 2 is 1.87 bits per heavy atom. The van der Waals surface area contributed by atoms with Gasteiger partial charge >= 0.3 is 6.01 Å². The van der Waals surface area contributed by atoms with Crippen LogP contribution in [0.3, 0.4) is 0 Å². The van der Waals surface area contributed by atoms with E-state index >= 15 is 0 Å². The van der Waals surface area contributed by atoms with E-state index in [0.717, 1.165) is 25.2 Å². The first kappa shape index (κ1) is 20.2. The normalized spacial score (nSPS) is 15.9. The average molecular weight is 412 g/mol. The first-order chi connectivity index (χ1) is 14.6. The standard InChI is InChI=1S/C21H25FN6O2/c1-26-7-6-23-20(26)19(29)16-4-3-5-17(22)18(16)28-10-8-27(9-11-28)14-15-12-24-21(30-2)25-13-15/h3-7,12-13,19,29H,8-11,14H2,1-2H3. The highest BCUT2D eigenvalue weighted by Crippen LogP contribution is 2.33. The summed E-state index contributed by atoms with van der Waals surface area (Å²) in [6.07, 6.45) is 5.91. The van der Waals surface area contributed by atoms with E-state index in [1.165, 1.54) is 13.2 Å². The molecule has 158 valence electrons. The molecule has 1 aliphatic heterocycles. The van der Waals surface area contributed by atoms with Crippen LogP contribution in [0.4, 0.5) is 10.1 Å². The summed E-state index contributed by atoms with van der Waals surface area (Å²) in [7, 11) is 3.35. The number of aliphatic hydroxyl groups excluding tert-OH is 1. The molecule has 0 bridgehead atoms. The number of anilines is 1. The number of aliphatic hydroxyl groups is 1. The maximum Gasteiger partial charge on any atom is 0.316 e. The Kier molecular flexibility index (Phi) is 5.91. The molecule has 4 rings (SSSR count). The lowest BCUT2D eigenvalue weighted by Gasteiger charge is -2.37. The number of hydrogen-bond acceptors (Lipinski definition) is 7. The largest absolute Gasteiger partial charge is 0.467 e. The second kappa shape index (κ2) is 8.76. The molecular formula is C21H25FN6O2. The van der Waals surface area contributed by atoms with Crippen LogP contribution < -0.4 is 9.64 Å². The number of methoxy groups -OCH3 is 1. The van der Waals surface area contributed by atoms with Crippen molar-refractivity contribution < 1.29 is 14.2 Å². The number of piperazine rings is 1. The predicted molar refractivity (Wildman–Crippen MR) is 110 cm³/mol. The van der Waals surface area contributed by atoms with Crippen LogP contribution in [-0.2, 0) is 13.6 Å². The molecular weight excluding hydrogens is 387 g/mol. The number of benzene rings is 1. The van der Waals surface area contributed by atoms with Gasteiger partial charge in [0, 0.05) is 75.7 Å². The second-order valence-electron chi connectivity index (χ2n) is 7.32. The molecule has 2 aromatic heterocycles. The molecule has 0 saturated carbocycles. The summed E-state index contributed by atoms with van der Waals surface area (Å²) in [6.45, 7) is 3.55. The topological polar surface area (TPSA) is 79.5 Å². The number of halogens is 1. The number of hydrogen-bond donors (Lipinski definition) is 1. The van der Waals surface area contributed by atoms with Gasteiger partial charge in [-0.15, -0.1) is 0 Å². The van der Waals surface area contributed by atoms with E-state index in [4.69, 9.17) is 4.74 Å². The van der Waals surface area contributed by atoms with Crippen LogP contribution in [0.1, 0.15) is 23.1 Å². The van der Waals surface area contributed by atoms with Gasteiger partial charge in [-0.1, -0.05) is 12.1 Å². The minimum Gasteiger partial charge on any atom is -0.467 e. The van der Waals surface area contributed by atoms with Gasteiger partial charge in [-0.25, -0.2) is 19.3 Å². The number of rotatable bonds is 6. The zero-order chi connectivity index (χ0) is 21.1. The SMILES string of the molecule is COc1ncc(CN2CCN(c3c(F)cccc3C(O)c3nccn3C)CC2)cn1. The Morgan fingerprint density at radius 3 is 2.50 bits per heavy atom. The second-order valence-corrected chi connectivity index (χ2v) is 7.32. The fourth-order valence-corrected chi connectivity index (χ4v) is 3.78. The van der Waals surface area contributed by atoms with Crippen LogP contribution in [0.2, 0.25) is 0 Å². The molecule has 1 aliphatic rings. The molecule has 30 heavy (non-hydrogen) atoms. The minimum absolute atomic E-state index is 0.335. The first-order valence-electron chi connectivity index (χ1n) is 9.82. The van der Waals surface area contributed by atoms with Crippen molar-refractivity contribution in [1.29, 1.82) is 0 Å². The zero-order valence-electron chi connectivity index (χ0n) is 17.1. The molecule has 3 heterocycles. The Labute approximate surface area is 174 Å². The van der Waals surface area contributed by atoms with Crippen LogP contribution in [0.25, 0.3) is 0 Å². The third-order valence-electron chi connectivity index (χ3n) is 5.37. The highest BCUT2D eigenvalue weighted by atomic mass is 19.1. The van der Waals surface area contributed by atoms with Crippen molar-refractivity contribution in [3.05, 3.63) is 65.8 Å². The van der Waals surface area contributed by atoms with Crippen molar-refractivity contribution in [3.8, 4) is 6.01 Å². The zero-order valence-corrected chi connectivity index (χ0v) is 17.1. The van der Waals surface area contributed by atoms with Gasteiger partial charge in [-0.2, -0.15) is 0 Å². The first-order valence-corrected chi connectivity index (χ1v) is 9.82. The molecule has 1 atom stereocenters. The highest BCUT2D eigenvalue weighted by molar-refractivity contribution is 5.57. The molecule has 8 nitrogen and oxygen atoms in total. The maximum absolute atomic E-state index is 14.8. The van der Waals surface area contributed by atoms with Crippen LogP contribution in [0.15, 0.2) is 43.0 Å². The Hall–Kier alpha value is -3.04. The fourth-order valence-electron chi connectivity index (χ4n) is 3.78. The molecule has 1 aromatic carbocycles. The van der Waals surface area contributed by atoms with Crippen LogP contribution in [-0.4, -0.2) is 62.8 Å². The van der Waals surface area contributed by atoms with Gasteiger partial charge in [0.15, 0.2) is 0 Å². The molecule has 0 aliphatic carbocycles. The van der Waals surface area contributed by atoms with E-state index in [2.05, 4.69) is 19.9 Å². The summed E-state index contributed by atoms with van der Waals surface area (Å²) < 4.78 is 21.6. The van der Waals surface area contributed by atoms with Gasteiger partial charge in [0.05, 0.1) is 12.8 Å². The quantitative estimate of drug-likeness (QED) is 0.661. The molecule has 3 aromatic rings. The summed E-state index contributed by atoms with van der Waals surface area (Å²) in [4.78, 5) is 16.8. The van der Waals surface area contributed by atoms with Gasteiger partial charge in [-0.3, -0.25) is 4.90 Å². The lowest BCUT2D eigenvalue weighted by atomic mass is 10.0. The van der Waals surface area contributed by atoms with Crippen LogP contribution >= 0.6 is 0 Å². The molecule has 0 amide bonds. The van der Waals surface area contributed by atoms with E-state index < -0.39 is 6.10 Å². The fraction of sp³-hybridized carbons (Fsp3) is 0.381. The predicted octanol–water partition coefficient (Wildman–Crippen LogP) is 1.76. The van der Waals surface area contributed by atoms with Crippen molar-refractivity contribution in [1.82, 2.24) is 24.4 Å². The summed E-state index contributed by atoms with van der Waals surface area (Å²) in [5.74, 6) is 0.151. The van der Waals surface area contributed by atoms with Crippen LogP contribution in [0.5, 0.6) is 6.01 Å². The van der Waals surface area contributed by atoms with E-state index in [0.29, 0.717) is 36.2 Å². The third-order valence-corrected chi connectivity index (χ3v) is 5.37. The number of aryl methyl sites for hydroxylation is 1. The highest BCUT2D eigenvalue weighted by Gasteiger charge is 2.26. The number of para-hydroxylation sites is 1. The number of aromatic nitrogens is 4. The van der Waals surface area contributed by atoms with Crippen molar-refractivity contribution in [3.63, 3.8) is 0 Å². The monoisotopic (exact) mass is 412 g/mol. The Morgan fingerprint density at radius 1 is 1.13 bits per heavy atom. The maximum atomic E-state index is 14.8. The van der Waals surface area contributed by atoms with E-state index in [9.17, 15) is 9.50 Å². The molecule has 1 saturated heterocycles. The lowest BCUT2D eigenvalue weighted by molar-refractivity contribution is 0.205. The summed E-state index contributed by atoms with van der Waals surface area (Å²) in [5.41, 5.74) is 1.97. The van der Waals surface area contributed by atoms with E-state index in [-0.39, 0.29) is 5.82 Å². The van der Waals surface area contributed by atoms with Gasteiger partial charge in [0.2, 0.25) is 0 Å². The smallest absolute Gasteiger partial charge is 0.316 e. The van der Waals surface area contributed by atoms with Crippen molar-refractivity contribution >= 4 is 5.69 Å². The van der Waals surface area contributed by atoms with E-state index in [1.54, 1.807) is 41.5 Å². The number of imidazole rings is 1. The van der Waals surface area contributed by atoms with Crippen molar-refractivity contribution in [2.24, 2.45) is 7.05 Å². The minimum atomic E-state index is -0.995. The molecule has 1 fully saturated rings. The van der Waals surface area contributed by atoms with E-state index in [1.807, 2.05) is 11.9 Å². The molecule has 1 unspecified atom stereocenters. The molecule has 0 spiro atoms. The van der Waals surface area contributed by atoms with Crippen molar-refractivity contribution in [2.45, 2.75) is 12.6 Å². The summed E-state index contributed by atoms with van der Waals surface area (Å²) >= 11 is 0. The van der Waals surface area contributed by atoms with Gasteiger partial charge in [-0.05, 0) is 6.07 Å². The third kappa shape index (κ3) is 4.12. The van der Waals surface area contributed by atoms with Crippen molar-refractivity contribution in [2.75, 3.05) is 38.2 Å². The Balaban J connectivity index is 1.47.